The van der Waals surface area contributed by atoms with E-state index in [4.69, 9.17) is 11.6 Å². The van der Waals surface area contributed by atoms with Crippen LogP contribution in [0.15, 0.2) is 48.5 Å². The molecule has 158 valence electrons. The molecule has 0 radical (unpaired) electrons. The SMILES string of the molecule is C[C@@H](C(=O)N1C(c2cc(Cl)ccc2O)SC[C@H]1C(=O)O)C(S)C(=O)c1ccccc1. The van der Waals surface area contributed by atoms with Gasteiger partial charge < -0.3 is 15.1 Å². The van der Waals surface area contributed by atoms with E-state index in [0.717, 1.165) is 0 Å². The van der Waals surface area contributed by atoms with E-state index >= 15 is 0 Å². The summed E-state index contributed by atoms with van der Waals surface area (Å²) in [6, 6.07) is 11.8. The van der Waals surface area contributed by atoms with Gasteiger partial charge in [-0.2, -0.15) is 12.6 Å². The molecule has 1 saturated heterocycles. The first-order valence-corrected chi connectivity index (χ1v) is 11.1. The highest BCUT2D eigenvalue weighted by atomic mass is 35.5. The number of benzene rings is 2. The zero-order valence-corrected chi connectivity index (χ0v) is 18.4. The average Bonchev–Trinajstić information content (AvgIpc) is 3.19. The number of thioether (sulfide) groups is 1. The minimum atomic E-state index is -1.16. The summed E-state index contributed by atoms with van der Waals surface area (Å²) in [5.74, 6) is -2.82. The highest BCUT2D eigenvalue weighted by Crippen LogP contribution is 2.46. The second-order valence-electron chi connectivity index (χ2n) is 6.95. The maximum atomic E-state index is 13.4. The van der Waals surface area contributed by atoms with E-state index in [-0.39, 0.29) is 17.3 Å². The summed E-state index contributed by atoms with van der Waals surface area (Å²) in [6.45, 7) is 1.55. The monoisotopic (exact) mass is 465 g/mol. The van der Waals surface area contributed by atoms with Gasteiger partial charge >= 0.3 is 5.97 Å². The Bertz CT molecular complexity index is 971. The van der Waals surface area contributed by atoms with Crippen molar-refractivity contribution >= 4 is 53.7 Å². The Kier molecular flexibility index (Phi) is 7.00. The van der Waals surface area contributed by atoms with Gasteiger partial charge in [0.15, 0.2) is 5.78 Å². The van der Waals surface area contributed by atoms with Crippen molar-refractivity contribution in [1.82, 2.24) is 4.90 Å². The Morgan fingerprint density at radius 3 is 2.50 bits per heavy atom. The van der Waals surface area contributed by atoms with Crippen LogP contribution in [-0.4, -0.2) is 49.8 Å². The summed E-state index contributed by atoms with van der Waals surface area (Å²) in [5, 5.41) is 18.6. The first-order chi connectivity index (χ1) is 14.2. The van der Waals surface area contributed by atoms with Gasteiger partial charge in [-0.1, -0.05) is 48.9 Å². The van der Waals surface area contributed by atoms with Crippen LogP contribution in [0.4, 0.5) is 0 Å². The van der Waals surface area contributed by atoms with Gasteiger partial charge in [-0.15, -0.1) is 11.8 Å². The smallest absolute Gasteiger partial charge is 0.327 e. The van der Waals surface area contributed by atoms with Gasteiger partial charge in [0.1, 0.15) is 17.2 Å². The van der Waals surface area contributed by atoms with Crippen molar-refractivity contribution in [2.24, 2.45) is 5.92 Å². The number of amides is 1. The van der Waals surface area contributed by atoms with Gasteiger partial charge in [-0.25, -0.2) is 4.79 Å². The van der Waals surface area contributed by atoms with Crippen LogP contribution >= 0.6 is 36.0 Å². The Morgan fingerprint density at radius 2 is 1.87 bits per heavy atom. The van der Waals surface area contributed by atoms with E-state index in [9.17, 15) is 24.6 Å². The second kappa shape index (κ2) is 9.32. The predicted octanol–water partition coefficient (Wildman–Crippen LogP) is 3.89. The van der Waals surface area contributed by atoms with Crippen molar-refractivity contribution in [3.63, 3.8) is 0 Å². The first kappa shape index (κ1) is 22.5. The van der Waals surface area contributed by atoms with Crippen molar-refractivity contribution in [3.05, 3.63) is 64.7 Å². The fraction of sp³-hybridized carbons (Fsp3) is 0.286. The molecule has 1 fully saturated rings. The van der Waals surface area contributed by atoms with Gasteiger partial charge in [-0.05, 0) is 18.2 Å². The van der Waals surface area contributed by atoms with Gasteiger partial charge in [0, 0.05) is 21.9 Å². The highest BCUT2D eigenvalue weighted by Gasteiger charge is 2.46. The fourth-order valence-electron chi connectivity index (χ4n) is 3.30. The molecule has 2 unspecified atom stereocenters. The molecule has 0 saturated carbocycles. The summed E-state index contributed by atoms with van der Waals surface area (Å²) in [5.41, 5.74) is 0.772. The number of carbonyl (C=O) groups excluding carboxylic acids is 2. The third-order valence-electron chi connectivity index (χ3n) is 4.99. The Morgan fingerprint density at radius 1 is 1.20 bits per heavy atom. The molecule has 1 aliphatic heterocycles. The number of carboxylic acid groups (broad SMARTS) is 1. The fourth-order valence-corrected chi connectivity index (χ4v) is 5.20. The third kappa shape index (κ3) is 4.45. The van der Waals surface area contributed by atoms with Crippen LogP contribution in [0, 0.1) is 5.92 Å². The molecule has 6 nitrogen and oxygen atoms in total. The zero-order valence-electron chi connectivity index (χ0n) is 15.9. The molecule has 0 aliphatic carbocycles. The lowest BCUT2D eigenvalue weighted by Gasteiger charge is -2.31. The quantitative estimate of drug-likeness (QED) is 0.442. The van der Waals surface area contributed by atoms with E-state index in [0.29, 0.717) is 16.1 Å². The molecule has 0 bridgehead atoms. The summed E-state index contributed by atoms with van der Waals surface area (Å²) < 4.78 is 0. The molecule has 1 aliphatic rings. The molecular weight excluding hydrogens is 446 g/mol. The van der Waals surface area contributed by atoms with Gasteiger partial charge in [-0.3, -0.25) is 9.59 Å². The summed E-state index contributed by atoms with van der Waals surface area (Å²) >= 11 is 11.6. The number of aromatic hydroxyl groups is 1. The van der Waals surface area contributed by atoms with Crippen LogP contribution in [0.2, 0.25) is 5.02 Å². The van der Waals surface area contributed by atoms with Crippen LogP contribution in [0.1, 0.15) is 28.2 Å². The Balaban J connectivity index is 1.91. The lowest BCUT2D eigenvalue weighted by atomic mass is 9.96. The molecule has 0 aromatic heterocycles. The lowest BCUT2D eigenvalue weighted by molar-refractivity contribution is -0.150. The van der Waals surface area contributed by atoms with Crippen molar-refractivity contribution in [1.29, 1.82) is 0 Å². The number of hydrogen-bond acceptors (Lipinski definition) is 6. The van der Waals surface area contributed by atoms with Crippen LogP contribution in [0.3, 0.4) is 0 Å². The van der Waals surface area contributed by atoms with Crippen LogP contribution in [0.5, 0.6) is 5.75 Å². The van der Waals surface area contributed by atoms with E-state index in [1.165, 1.54) is 34.9 Å². The standard InChI is InChI=1S/C21H20ClNO5S2/c1-11(18(29)17(25)12-5-3-2-4-6-12)19(26)23-15(21(27)28)10-30-20(23)14-9-13(22)7-8-16(14)24/h2-9,11,15,18,20,24,29H,10H2,1H3,(H,27,28)/t11-,15+,18?,20?/m1/s1. The molecule has 30 heavy (non-hydrogen) atoms. The molecule has 4 atom stereocenters. The zero-order chi connectivity index (χ0) is 22.0. The maximum absolute atomic E-state index is 13.4. The van der Waals surface area contributed by atoms with E-state index < -0.39 is 34.5 Å². The molecule has 1 heterocycles. The minimum absolute atomic E-state index is 0.0869. The van der Waals surface area contributed by atoms with Crippen LogP contribution in [-0.2, 0) is 9.59 Å². The first-order valence-electron chi connectivity index (χ1n) is 9.14. The predicted molar refractivity (Wildman–Crippen MR) is 119 cm³/mol. The molecule has 0 spiro atoms. The number of thiol groups is 1. The summed E-state index contributed by atoms with van der Waals surface area (Å²) in [4.78, 5) is 39.1. The van der Waals surface area contributed by atoms with Gasteiger partial charge in [0.2, 0.25) is 5.91 Å². The molecule has 9 heteroatoms. The van der Waals surface area contributed by atoms with Crippen molar-refractivity contribution in [3.8, 4) is 5.75 Å². The number of ketones is 1. The van der Waals surface area contributed by atoms with E-state index in [2.05, 4.69) is 12.6 Å². The number of carbonyl (C=O) groups is 3. The Hall–Kier alpha value is -2.16. The van der Waals surface area contributed by atoms with Crippen LogP contribution in [0.25, 0.3) is 0 Å². The second-order valence-corrected chi connectivity index (χ2v) is 9.06. The number of nitrogens with zero attached hydrogens (tertiary/aromatic N) is 1. The number of hydrogen-bond donors (Lipinski definition) is 3. The molecule has 2 aromatic rings. The normalized spacial score (nSPS) is 20.6. The van der Waals surface area contributed by atoms with Gasteiger partial charge in [0.25, 0.3) is 0 Å². The summed E-state index contributed by atoms with van der Waals surface area (Å²) in [6.07, 6.45) is 0. The topological polar surface area (TPSA) is 94.9 Å². The number of carboxylic acids is 1. The largest absolute Gasteiger partial charge is 0.508 e. The number of halogens is 1. The van der Waals surface area contributed by atoms with Crippen molar-refractivity contribution in [2.45, 2.75) is 23.6 Å². The third-order valence-corrected chi connectivity index (χ3v) is 7.21. The molecular formula is C21H20ClNO5S2. The summed E-state index contributed by atoms with van der Waals surface area (Å²) in [7, 11) is 0. The van der Waals surface area contributed by atoms with Crippen LogP contribution < -0.4 is 0 Å². The lowest BCUT2D eigenvalue weighted by Crippen LogP contribution is -2.47. The number of phenolic OH excluding ortho intramolecular Hbond substituents is 1. The number of rotatable bonds is 6. The van der Waals surface area contributed by atoms with Gasteiger partial charge in [0.05, 0.1) is 11.2 Å². The number of phenols is 1. The maximum Gasteiger partial charge on any atom is 0.327 e. The highest BCUT2D eigenvalue weighted by molar-refractivity contribution is 7.99. The van der Waals surface area contributed by atoms with E-state index in [1.807, 2.05) is 0 Å². The molecule has 2 aromatic carbocycles. The number of Topliss-reactive ketones (excluding diaryl/α,β-unsaturated/α-hetero) is 1. The molecule has 2 N–H and O–H groups in total. The number of aliphatic carboxylic acids is 1. The molecule has 3 rings (SSSR count). The Labute approximate surface area is 188 Å². The average molecular weight is 466 g/mol. The van der Waals surface area contributed by atoms with E-state index in [1.54, 1.807) is 37.3 Å². The van der Waals surface area contributed by atoms with Crippen molar-refractivity contribution < 1.29 is 24.6 Å². The minimum Gasteiger partial charge on any atom is -0.508 e. The molecule has 1 amide bonds. The van der Waals surface area contributed by atoms with Crippen molar-refractivity contribution in [2.75, 3.05) is 5.75 Å².